The van der Waals surface area contributed by atoms with Crippen molar-refractivity contribution < 1.29 is 29.4 Å². The van der Waals surface area contributed by atoms with Crippen LogP contribution in [0.5, 0.6) is 0 Å². The largest absolute Gasteiger partial charge is 0.481 e. The molecule has 3 rings (SSSR count). The van der Waals surface area contributed by atoms with E-state index in [9.17, 15) is 24.3 Å². The number of hydrogen-bond acceptors (Lipinski definition) is 5. The Morgan fingerprint density at radius 1 is 0.857 bits per heavy atom. The Balaban J connectivity index is 1.82. The highest BCUT2D eigenvalue weighted by atomic mass is 35.5. The molecule has 0 radical (unpaired) electrons. The molecule has 2 amide bonds. The molecule has 8 nitrogen and oxygen atoms in total. The first-order valence-corrected chi connectivity index (χ1v) is 11.7. The highest BCUT2D eigenvalue weighted by Gasteiger charge is 2.23. The molecule has 0 bridgehead atoms. The van der Waals surface area contributed by atoms with E-state index in [0.717, 1.165) is 0 Å². The summed E-state index contributed by atoms with van der Waals surface area (Å²) in [4.78, 5) is 48.0. The molecule has 0 aromatic heterocycles. The number of halogens is 1. The summed E-state index contributed by atoms with van der Waals surface area (Å²) in [6.07, 6.45) is -0.430. The van der Waals surface area contributed by atoms with Crippen LogP contribution in [0.2, 0.25) is 5.02 Å². The smallest absolute Gasteiger partial charge is 0.335 e. The lowest BCUT2D eigenvalue weighted by molar-refractivity contribution is -0.138. The van der Waals surface area contributed by atoms with Crippen LogP contribution >= 0.6 is 23.4 Å². The highest BCUT2D eigenvalue weighted by molar-refractivity contribution is 8.00. The summed E-state index contributed by atoms with van der Waals surface area (Å²) in [5, 5.41) is 22.8. The minimum absolute atomic E-state index is 0.0139. The number of amides is 2. The molecule has 0 spiro atoms. The minimum Gasteiger partial charge on any atom is -0.481 e. The van der Waals surface area contributed by atoms with Crippen molar-refractivity contribution in [2.75, 3.05) is 10.6 Å². The molecule has 0 aliphatic rings. The highest BCUT2D eigenvalue weighted by Crippen LogP contribution is 2.38. The third-order valence-electron chi connectivity index (χ3n) is 4.75. The SMILES string of the molecule is O=C(O)CCC(=O)Nc1cccc(SC(C(=O)Nc2cc(C(=O)O)ccc2Cl)c2ccccc2)c1. The molecule has 3 aromatic carbocycles. The third-order valence-corrected chi connectivity index (χ3v) is 6.33. The molecule has 0 heterocycles. The van der Waals surface area contributed by atoms with Crippen molar-refractivity contribution in [1.82, 2.24) is 0 Å². The molecular weight excluding hydrogens is 492 g/mol. The molecule has 0 saturated heterocycles. The Morgan fingerprint density at radius 2 is 1.60 bits per heavy atom. The van der Waals surface area contributed by atoms with Gasteiger partial charge in [0.15, 0.2) is 0 Å². The predicted molar refractivity (Wildman–Crippen MR) is 134 cm³/mol. The molecule has 4 N–H and O–H groups in total. The number of carboxylic acids is 2. The van der Waals surface area contributed by atoms with E-state index in [0.29, 0.717) is 16.1 Å². The predicted octanol–water partition coefficient (Wildman–Crippen LogP) is 5.31. The fourth-order valence-corrected chi connectivity index (χ4v) is 4.33. The molecule has 1 unspecified atom stereocenters. The van der Waals surface area contributed by atoms with Gasteiger partial charge in [-0.2, -0.15) is 0 Å². The summed E-state index contributed by atoms with van der Waals surface area (Å²) in [7, 11) is 0. The Bertz CT molecular complexity index is 1250. The first kappa shape index (κ1) is 25.8. The van der Waals surface area contributed by atoms with Gasteiger partial charge in [-0.25, -0.2) is 4.79 Å². The summed E-state index contributed by atoms with van der Waals surface area (Å²) in [6.45, 7) is 0. The van der Waals surface area contributed by atoms with Crippen LogP contribution in [-0.4, -0.2) is 34.0 Å². The minimum atomic E-state index is -1.15. The van der Waals surface area contributed by atoms with Crippen LogP contribution < -0.4 is 10.6 Å². The lowest BCUT2D eigenvalue weighted by Crippen LogP contribution is -2.19. The first-order valence-electron chi connectivity index (χ1n) is 10.4. The Labute approximate surface area is 210 Å². The van der Waals surface area contributed by atoms with Gasteiger partial charge in [0, 0.05) is 17.0 Å². The van der Waals surface area contributed by atoms with Crippen molar-refractivity contribution in [3.05, 3.63) is 88.9 Å². The van der Waals surface area contributed by atoms with Crippen LogP contribution in [0.4, 0.5) is 11.4 Å². The zero-order valence-electron chi connectivity index (χ0n) is 18.2. The maximum Gasteiger partial charge on any atom is 0.335 e. The maximum absolute atomic E-state index is 13.3. The molecule has 180 valence electrons. The molecule has 0 fully saturated rings. The van der Waals surface area contributed by atoms with Crippen LogP contribution in [0.25, 0.3) is 0 Å². The molecule has 3 aromatic rings. The third kappa shape index (κ3) is 7.59. The van der Waals surface area contributed by atoms with Gasteiger partial charge in [0.05, 0.1) is 22.7 Å². The number of aromatic carboxylic acids is 1. The summed E-state index contributed by atoms with van der Waals surface area (Å²) >= 11 is 7.41. The van der Waals surface area contributed by atoms with Crippen LogP contribution in [0.1, 0.15) is 34.0 Å². The van der Waals surface area contributed by atoms with E-state index in [2.05, 4.69) is 10.6 Å². The van der Waals surface area contributed by atoms with Gasteiger partial charge in [-0.05, 0) is 42.0 Å². The second-order valence-corrected chi connectivity index (χ2v) is 8.95. The quantitative estimate of drug-likeness (QED) is 0.270. The number of carbonyl (C=O) groups excluding carboxylic acids is 2. The van der Waals surface area contributed by atoms with Gasteiger partial charge in [0.1, 0.15) is 5.25 Å². The number of hydrogen-bond donors (Lipinski definition) is 4. The molecule has 0 aliphatic carbocycles. The van der Waals surface area contributed by atoms with Crippen molar-refractivity contribution in [2.24, 2.45) is 0 Å². The van der Waals surface area contributed by atoms with E-state index in [1.165, 1.54) is 30.0 Å². The van der Waals surface area contributed by atoms with Crippen molar-refractivity contribution >= 4 is 58.5 Å². The Morgan fingerprint density at radius 3 is 2.29 bits per heavy atom. The van der Waals surface area contributed by atoms with Crippen molar-refractivity contribution in [3.63, 3.8) is 0 Å². The lowest BCUT2D eigenvalue weighted by atomic mass is 10.1. The van der Waals surface area contributed by atoms with Crippen LogP contribution in [0, 0.1) is 0 Å². The van der Waals surface area contributed by atoms with E-state index in [-0.39, 0.29) is 29.1 Å². The van der Waals surface area contributed by atoms with Gasteiger partial charge in [-0.15, -0.1) is 11.8 Å². The summed E-state index contributed by atoms with van der Waals surface area (Å²) < 4.78 is 0. The van der Waals surface area contributed by atoms with Crippen molar-refractivity contribution in [2.45, 2.75) is 23.0 Å². The van der Waals surface area contributed by atoms with Gasteiger partial charge >= 0.3 is 11.9 Å². The van der Waals surface area contributed by atoms with E-state index < -0.39 is 29.0 Å². The number of rotatable bonds is 10. The second-order valence-electron chi connectivity index (χ2n) is 7.37. The fraction of sp³-hybridized carbons (Fsp3) is 0.120. The maximum atomic E-state index is 13.3. The molecule has 35 heavy (non-hydrogen) atoms. The normalized spacial score (nSPS) is 11.3. The topological polar surface area (TPSA) is 133 Å². The molecule has 10 heteroatoms. The van der Waals surface area contributed by atoms with Gasteiger partial charge in [-0.1, -0.05) is 48.0 Å². The number of carboxylic acid groups (broad SMARTS) is 2. The summed E-state index contributed by atoms with van der Waals surface area (Å²) in [6, 6.07) is 19.9. The standard InChI is InChI=1S/C25H21ClN2O6S/c26-19-10-9-16(25(33)34)13-20(19)28-24(32)23(15-5-2-1-3-6-15)35-18-8-4-7-17(14-18)27-21(29)11-12-22(30)31/h1-10,13-14,23H,11-12H2,(H,27,29)(H,28,32)(H,30,31)(H,33,34). The molecule has 0 saturated carbocycles. The van der Waals surface area contributed by atoms with Gasteiger partial charge < -0.3 is 20.8 Å². The summed E-state index contributed by atoms with van der Waals surface area (Å²) in [5.41, 5.74) is 1.34. The first-order chi connectivity index (χ1) is 16.7. The average molecular weight is 513 g/mol. The zero-order valence-corrected chi connectivity index (χ0v) is 19.8. The van der Waals surface area contributed by atoms with E-state index in [1.54, 1.807) is 48.5 Å². The van der Waals surface area contributed by atoms with E-state index >= 15 is 0 Å². The van der Waals surface area contributed by atoms with Crippen molar-refractivity contribution in [1.29, 1.82) is 0 Å². The molecule has 1 atom stereocenters. The van der Waals surface area contributed by atoms with Gasteiger partial charge in [-0.3, -0.25) is 14.4 Å². The number of carbonyl (C=O) groups is 4. The Hall–Kier alpha value is -3.82. The number of aliphatic carboxylic acids is 1. The number of thioether (sulfide) groups is 1. The van der Waals surface area contributed by atoms with Crippen LogP contribution in [-0.2, 0) is 14.4 Å². The zero-order chi connectivity index (χ0) is 25.4. The van der Waals surface area contributed by atoms with Gasteiger partial charge in [0.25, 0.3) is 0 Å². The van der Waals surface area contributed by atoms with Crippen molar-refractivity contribution in [3.8, 4) is 0 Å². The molecular formula is C25H21ClN2O6S. The lowest BCUT2D eigenvalue weighted by Gasteiger charge is -2.18. The van der Waals surface area contributed by atoms with Gasteiger partial charge in [0.2, 0.25) is 11.8 Å². The number of anilines is 2. The Kier molecular flexibility index (Phi) is 8.88. The number of nitrogens with one attached hydrogen (secondary N) is 2. The van der Waals surface area contributed by atoms with Crippen LogP contribution in [0.3, 0.4) is 0 Å². The second kappa shape index (κ2) is 12.0. The molecule has 0 aliphatic heterocycles. The summed E-state index contributed by atoms with van der Waals surface area (Å²) in [5.74, 6) is -3.05. The average Bonchev–Trinajstić information content (AvgIpc) is 2.83. The number of benzene rings is 3. The van der Waals surface area contributed by atoms with E-state index in [1.807, 2.05) is 6.07 Å². The van der Waals surface area contributed by atoms with Crippen LogP contribution in [0.15, 0.2) is 77.7 Å². The fourth-order valence-electron chi connectivity index (χ4n) is 3.08. The van der Waals surface area contributed by atoms with E-state index in [4.69, 9.17) is 16.7 Å². The monoisotopic (exact) mass is 512 g/mol.